The van der Waals surface area contributed by atoms with E-state index in [0.717, 1.165) is 51.4 Å². The fourth-order valence-electron chi connectivity index (χ4n) is 5.11. The number of carbonyl (C=O) groups excluding carboxylic acids is 2. The van der Waals surface area contributed by atoms with E-state index in [4.69, 9.17) is 18.5 Å². The van der Waals surface area contributed by atoms with Crippen molar-refractivity contribution in [3.8, 4) is 0 Å². The Bertz CT molecular complexity index is 1030. The zero-order chi connectivity index (χ0) is 38.6. The molecule has 0 aromatic carbocycles. The van der Waals surface area contributed by atoms with E-state index in [1.807, 2.05) is 33.3 Å². The fourth-order valence-corrected chi connectivity index (χ4v) is 5.86. The number of allylic oxidation sites excluding steroid dienone is 8. The standard InChI is InChI=1S/C42H76NO8P/c1-6-8-10-12-14-16-18-20-21-23-24-26-28-30-32-34-41(44)48-38-40(39-50-52(46,47)49-37-36-43(3,4)5)51-42(45)35-33-31-29-27-25-22-19-17-15-13-11-9-7-2/h14,16,18,20,22,25,29,31,40H,6-13,15,17,19,21,23-24,26-28,30,32-39H2,1-5H3/p+1/b16-14+,20-18+,25-22+,31-29+. The van der Waals surface area contributed by atoms with Crippen LogP contribution in [0.25, 0.3) is 0 Å². The second-order valence-corrected chi connectivity index (χ2v) is 16.1. The van der Waals surface area contributed by atoms with Crippen LogP contribution in [-0.2, 0) is 32.7 Å². The molecule has 2 unspecified atom stereocenters. The molecule has 0 radical (unpaired) electrons. The number of likely N-dealkylation sites (N-methyl/N-ethyl adjacent to an activating group) is 1. The molecule has 0 aliphatic carbocycles. The van der Waals surface area contributed by atoms with E-state index in [0.29, 0.717) is 17.4 Å². The summed E-state index contributed by atoms with van der Waals surface area (Å²) < 4.78 is 34.1. The molecule has 0 saturated heterocycles. The van der Waals surface area contributed by atoms with E-state index in [-0.39, 0.29) is 26.1 Å². The number of hydrogen-bond donors (Lipinski definition) is 1. The van der Waals surface area contributed by atoms with Crippen LogP contribution in [0.4, 0.5) is 0 Å². The van der Waals surface area contributed by atoms with Gasteiger partial charge in [0.25, 0.3) is 0 Å². The minimum absolute atomic E-state index is 0.0190. The second-order valence-electron chi connectivity index (χ2n) is 14.7. The highest BCUT2D eigenvalue weighted by molar-refractivity contribution is 7.47. The van der Waals surface area contributed by atoms with Crippen LogP contribution in [0.2, 0.25) is 0 Å². The summed E-state index contributed by atoms with van der Waals surface area (Å²) in [6.45, 7) is 4.28. The number of phosphoric acid groups is 1. The Morgan fingerprint density at radius 1 is 0.615 bits per heavy atom. The zero-order valence-corrected chi connectivity index (χ0v) is 34.7. The van der Waals surface area contributed by atoms with Gasteiger partial charge in [0.05, 0.1) is 27.7 Å². The first-order valence-electron chi connectivity index (χ1n) is 20.4. The number of ether oxygens (including phenoxy) is 2. The van der Waals surface area contributed by atoms with Gasteiger partial charge in [-0.1, -0.05) is 133 Å². The average molecular weight is 755 g/mol. The molecule has 0 bridgehead atoms. The number of phosphoric ester groups is 1. The molecular formula is C42H77NO8P+. The molecule has 1 N–H and O–H groups in total. The molecule has 0 rings (SSSR count). The average Bonchev–Trinajstić information content (AvgIpc) is 3.09. The van der Waals surface area contributed by atoms with Gasteiger partial charge in [0.15, 0.2) is 6.10 Å². The summed E-state index contributed by atoms with van der Waals surface area (Å²) in [4.78, 5) is 35.2. The molecule has 2 atom stereocenters. The predicted molar refractivity (Wildman–Crippen MR) is 215 cm³/mol. The third-order valence-corrected chi connectivity index (χ3v) is 9.36. The summed E-state index contributed by atoms with van der Waals surface area (Å²) in [5, 5.41) is 0. The molecule has 10 heteroatoms. The molecule has 0 heterocycles. The molecule has 0 aromatic rings. The lowest BCUT2D eigenvalue weighted by atomic mass is 10.1. The van der Waals surface area contributed by atoms with E-state index in [2.05, 4.69) is 50.3 Å². The first-order chi connectivity index (χ1) is 25.0. The lowest BCUT2D eigenvalue weighted by Gasteiger charge is -2.24. The van der Waals surface area contributed by atoms with Crippen molar-refractivity contribution in [2.45, 2.75) is 161 Å². The van der Waals surface area contributed by atoms with Gasteiger partial charge in [-0.3, -0.25) is 18.6 Å². The maximum atomic E-state index is 12.6. The molecule has 0 spiro atoms. The summed E-state index contributed by atoms with van der Waals surface area (Å²) in [6, 6.07) is 0. The Balaban J connectivity index is 4.51. The number of hydrogen-bond acceptors (Lipinski definition) is 7. The van der Waals surface area contributed by atoms with Crippen LogP contribution in [0.5, 0.6) is 0 Å². The third-order valence-electron chi connectivity index (χ3n) is 8.37. The van der Waals surface area contributed by atoms with Gasteiger partial charge in [0.2, 0.25) is 0 Å². The minimum Gasteiger partial charge on any atom is -0.462 e. The first kappa shape index (κ1) is 50.0. The molecule has 0 fully saturated rings. The summed E-state index contributed by atoms with van der Waals surface area (Å²) in [5.74, 6) is -0.895. The van der Waals surface area contributed by atoms with Crippen LogP contribution in [0.1, 0.15) is 155 Å². The van der Waals surface area contributed by atoms with Crippen molar-refractivity contribution < 1.29 is 42.1 Å². The summed E-state index contributed by atoms with van der Waals surface area (Å²) in [5.41, 5.74) is 0. The van der Waals surface area contributed by atoms with Crippen molar-refractivity contribution in [1.82, 2.24) is 0 Å². The van der Waals surface area contributed by atoms with Gasteiger partial charge in [-0.05, 0) is 57.8 Å². The minimum atomic E-state index is -4.39. The Kier molecular flexibility index (Phi) is 33.4. The Morgan fingerprint density at radius 3 is 1.75 bits per heavy atom. The first-order valence-corrected chi connectivity index (χ1v) is 21.9. The molecule has 0 aromatic heterocycles. The molecule has 0 aliphatic heterocycles. The van der Waals surface area contributed by atoms with Gasteiger partial charge in [0.1, 0.15) is 19.8 Å². The number of unbranched alkanes of at least 4 members (excludes halogenated alkanes) is 15. The Labute approximate surface area is 318 Å². The maximum absolute atomic E-state index is 12.6. The van der Waals surface area contributed by atoms with Crippen molar-refractivity contribution in [2.75, 3.05) is 47.5 Å². The van der Waals surface area contributed by atoms with Crippen molar-refractivity contribution in [3.63, 3.8) is 0 Å². The molecular weight excluding hydrogens is 677 g/mol. The van der Waals surface area contributed by atoms with Crippen LogP contribution in [0, 0.1) is 0 Å². The van der Waals surface area contributed by atoms with Crippen molar-refractivity contribution in [1.29, 1.82) is 0 Å². The molecule has 52 heavy (non-hydrogen) atoms. The normalized spacial score (nSPS) is 14.2. The number of rotatable bonds is 36. The van der Waals surface area contributed by atoms with Crippen molar-refractivity contribution in [2.24, 2.45) is 0 Å². The van der Waals surface area contributed by atoms with E-state index in [1.165, 1.54) is 70.6 Å². The number of esters is 2. The largest absolute Gasteiger partial charge is 0.472 e. The highest BCUT2D eigenvalue weighted by Crippen LogP contribution is 2.43. The molecule has 0 aliphatic rings. The third kappa shape index (κ3) is 37.7. The molecule has 0 amide bonds. The van der Waals surface area contributed by atoms with E-state index in [9.17, 15) is 19.0 Å². The van der Waals surface area contributed by atoms with Crippen LogP contribution >= 0.6 is 7.82 Å². The zero-order valence-electron chi connectivity index (χ0n) is 33.8. The maximum Gasteiger partial charge on any atom is 0.472 e. The number of nitrogens with zero attached hydrogens (tertiary/aromatic N) is 1. The number of carbonyl (C=O) groups is 2. The molecule has 0 saturated carbocycles. The van der Waals surface area contributed by atoms with Crippen LogP contribution in [-0.4, -0.2) is 74.9 Å². The van der Waals surface area contributed by atoms with E-state index in [1.54, 1.807) is 0 Å². The summed E-state index contributed by atoms with van der Waals surface area (Å²) >= 11 is 0. The smallest absolute Gasteiger partial charge is 0.462 e. The van der Waals surface area contributed by atoms with E-state index >= 15 is 0 Å². The number of quaternary nitrogens is 1. The van der Waals surface area contributed by atoms with Gasteiger partial charge < -0.3 is 18.9 Å². The molecule has 302 valence electrons. The quantitative estimate of drug-likeness (QED) is 0.0168. The summed E-state index contributed by atoms with van der Waals surface area (Å²) in [6.07, 6.45) is 38.9. The van der Waals surface area contributed by atoms with Crippen molar-refractivity contribution in [3.05, 3.63) is 48.6 Å². The molecule has 9 nitrogen and oxygen atoms in total. The van der Waals surface area contributed by atoms with Crippen LogP contribution < -0.4 is 0 Å². The van der Waals surface area contributed by atoms with Gasteiger partial charge in [0, 0.05) is 12.8 Å². The van der Waals surface area contributed by atoms with Gasteiger partial charge in [-0.25, -0.2) is 4.57 Å². The predicted octanol–water partition coefficient (Wildman–Crippen LogP) is 11.1. The Hall–Kier alpha value is -2.03. The fraction of sp³-hybridized carbons (Fsp3) is 0.762. The van der Waals surface area contributed by atoms with E-state index < -0.39 is 32.5 Å². The Morgan fingerprint density at radius 2 is 1.13 bits per heavy atom. The van der Waals surface area contributed by atoms with Gasteiger partial charge in [-0.15, -0.1) is 0 Å². The topological polar surface area (TPSA) is 108 Å². The van der Waals surface area contributed by atoms with Crippen LogP contribution in [0.3, 0.4) is 0 Å². The SMILES string of the molecule is CCCCC/C=C/C=C/CCCCCCCCC(=O)OCC(COP(=O)(O)OCC[N+](C)(C)C)OC(=O)CC/C=C/C/C=C/CCCCCCCC. The lowest BCUT2D eigenvalue weighted by Crippen LogP contribution is -2.37. The summed E-state index contributed by atoms with van der Waals surface area (Å²) in [7, 11) is 1.43. The van der Waals surface area contributed by atoms with Crippen molar-refractivity contribution >= 4 is 19.8 Å². The monoisotopic (exact) mass is 755 g/mol. The highest BCUT2D eigenvalue weighted by Gasteiger charge is 2.27. The van der Waals surface area contributed by atoms with Gasteiger partial charge in [-0.2, -0.15) is 0 Å². The van der Waals surface area contributed by atoms with Gasteiger partial charge >= 0.3 is 19.8 Å². The van der Waals surface area contributed by atoms with Crippen LogP contribution in [0.15, 0.2) is 48.6 Å². The highest BCUT2D eigenvalue weighted by atomic mass is 31.2. The second kappa shape index (κ2) is 34.7. The lowest BCUT2D eigenvalue weighted by molar-refractivity contribution is -0.870.